The zero-order valence-electron chi connectivity index (χ0n) is 16.6. The van der Waals surface area contributed by atoms with Crippen LogP contribution in [-0.2, 0) is 20.8 Å². The first-order valence-corrected chi connectivity index (χ1v) is 10.4. The van der Waals surface area contributed by atoms with Gasteiger partial charge in [-0.15, -0.1) is 0 Å². The van der Waals surface area contributed by atoms with E-state index >= 15 is 0 Å². The lowest BCUT2D eigenvalue weighted by atomic mass is 9.97. The lowest BCUT2D eigenvalue weighted by molar-refractivity contribution is -0.147. The molecule has 0 saturated carbocycles. The summed E-state index contributed by atoms with van der Waals surface area (Å²) >= 11 is 0. The van der Waals surface area contributed by atoms with Crippen molar-refractivity contribution in [3.63, 3.8) is 0 Å². The van der Waals surface area contributed by atoms with Gasteiger partial charge in [-0.2, -0.15) is 0 Å². The zero-order chi connectivity index (χ0) is 18.9. The summed E-state index contributed by atoms with van der Waals surface area (Å²) in [5, 5.41) is 0. The van der Waals surface area contributed by atoms with Gasteiger partial charge in [-0.05, 0) is 63.8 Å². The summed E-state index contributed by atoms with van der Waals surface area (Å²) in [4.78, 5) is 16.7. The molecule has 1 aromatic carbocycles. The third-order valence-corrected chi connectivity index (χ3v) is 5.81. The van der Waals surface area contributed by atoms with Gasteiger partial charge < -0.3 is 14.4 Å². The summed E-state index contributed by atoms with van der Waals surface area (Å²) in [6, 6.07) is 10.7. The van der Waals surface area contributed by atoms with E-state index < -0.39 is 0 Å². The molecule has 1 atom stereocenters. The summed E-state index contributed by atoms with van der Waals surface area (Å²) in [6.45, 7) is 7.13. The minimum absolute atomic E-state index is 0.0414. The number of benzene rings is 1. The third kappa shape index (κ3) is 6.59. The molecule has 1 aromatic rings. The molecule has 2 saturated heterocycles. The minimum Gasteiger partial charge on any atom is -0.469 e. The monoisotopic (exact) mass is 374 g/mol. The number of hydrogen-bond donors (Lipinski definition) is 0. The number of rotatable bonds is 9. The molecule has 1 unspecified atom stereocenters. The third-order valence-electron chi connectivity index (χ3n) is 5.81. The number of nitrogens with zero attached hydrogens (tertiary/aromatic N) is 2. The molecule has 2 heterocycles. The number of ether oxygens (including phenoxy) is 2. The molecule has 5 nitrogen and oxygen atoms in total. The van der Waals surface area contributed by atoms with Gasteiger partial charge in [0.1, 0.15) is 0 Å². The van der Waals surface area contributed by atoms with Crippen LogP contribution < -0.4 is 0 Å². The van der Waals surface area contributed by atoms with Crippen molar-refractivity contribution in [2.75, 3.05) is 46.4 Å². The Morgan fingerprint density at radius 1 is 1.22 bits per heavy atom. The first kappa shape index (κ1) is 20.3. The van der Waals surface area contributed by atoms with Crippen LogP contribution in [0.5, 0.6) is 0 Å². The van der Waals surface area contributed by atoms with E-state index in [2.05, 4.69) is 40.1 Å². The maximum absolute atomic E-state index is 11.7. The highest BCUT2D eigenvalue weighted by Crippen LogP contribution is 2.19. The predicted molar refractivity (Wildman–Crippen MR) is 106 cm³/mol. The average Bonchev–Trinajstić information content (AvgIpc) is 3.21. The molecule has 5 heteroatoms. The van der Waals surface area contributed by atoms with Crippen LogP contribution in [0.2, 0.25) is 0 Å². The fourth-order valence-corrected chi connectivity index (χ4v) is 4.23. The molecule has 150 valence electrons. The van der Waals surface area contributed by atoms with Crippen molar-refractivity contribution >= 4 is 5.97 Å². The van der Waals surface area contributed by atoms with Crippen molar-refractivity contribution in [2.24, 2.45) is 5.92 Å². The quantitative estimate of drug-likeness (QED) is 0.622. The number of piperidine rings is 1. The van der Waals surface area contributed by atoms with E-state index in [9.17, 15) is 4.79 Å². The predicted octanol–water partition coefficient (Wildman–Crippen LogP) is 2.94. The number of likely N-dealkylation sites (tertiary alicyclic amines) is 1. The van der Waals surface area contributed by atoms with Gasteiger partial charge in [-0.25, -0.2) is 0 Å². The molecule has 0 spiro atoms. The van der Waals surface area contributed by atoms with Crippen molar-refractivity contribution in [3.8, 4) is 0 Å². The van der Waals surface area contributed by atoms with Crippen LogP contribution in [-0.4, -0.2) is 68.3 Å². The molecule has 0 aromatic heterocycles. The van der Waals surface area contributed by atoms with Crippen molar-refractivity contribution in [3.05, 3.63) is 35.9 Å². The molecule has 0 N–H and O–H groups in total. The lowest BCUT2D eigenvalue weighted by Crippen LogP contribution is -2.39. The Bertz CT molecular complexity index is 552. The number of hydrogen-bond acceptors (Lipinski definition) is 5. The van der Waals surface area contributed by atoms with Gasteiger partial charge in [0.15, 0.2) is 0 Å². The topological polar surface area (TPSA) is 42.0 Å². The van der Waals surface area contributed by atoms with Gasteiger partial charge >= 0.3 is 5.97 Å². The number of esters is 1. The fourth-order valence-electron chi connectivity index (χ4n) is 4.23. The molecule has 0 aliphatic carbocycles. The standard InChI is InChI=1S/C22H34N2O3/c1-26-22(25)20-10-14-23(15-11-20)12-6-13-24(18-21-9-5-16-27-21)17-19-7-3-2-4-8-19/h2-4,7-8,20-21H,5-6,9-18H2,1H3. The Kier molecular flexibility index (Phi) is 8.11. The second-order valence-corrected chi connectivity index (χ2v) is 7.85. The first-order chi connectivity index (χ1) is 13.2. The molecule has 2 aliphatic rings. The normalized spacial score (nSPS) is 21.6. The number of methoxy groups -OCH3 is 1. The van der Waals surface area contributed by atoms with Crippen molar-refractivity contribution in [1.29, 1.82) is 0 Å². The molecular weight excluding hydrogens is 340 g/mol. The van der Waals surface area contributed by atoms with E-state index in [1.54, 1.807) is 0 Å². The zero-order valence-corrected chi connectivity index (χ0v) is 16.6. The van der Waals surface area contributed by atoms with Gasteiger partial charge in [0.25, 0.3) is 0 Å². The average molecular weight is 375 g/mol. The second-order valence-electron chi connectivity index (χ2n) is 7.85. The maximum atomic E-state index is 11.7. The second kappa shape index (κ2) is 10.8. The van der Waals surface area contributed by atoms with Crippen LogP contribution >= 0.6 is 0 Å². The van der Waals surface area contributed by atoms with E-state index in [4.69, 9.17) is 9.47 Å². The van der Waals surface area contributed by atoms with Gasteiger partial charge in [-0.3, -0.25) is 9.69 Å². The van der Waals surface area contributed by atoms with Crippen molar-refractivity contribution in [1.82, 2.24) is 9.80 Å². The minimum atomic E-state index is -0.0414. The van der Waals surface area contributed by atoms with Crippen LogP contribution in [0.1, 0.15) is 37.7 Å². The van der Waals surface area contributed by atoms with Crippen LogP contribution in [0.15, 0.2) is 30.3 Å². The Balaban J connectivity index is 1.42. The highest BCUT2D eigenvalue weighted by atomic mass is 16.5. The first-order valence-electron chi connectivity index (χ1n) is 10.4. The SMILES string of the molecule is COC(=O)C1CCN(CCCN(Cc2ccccc2)CC2CCCO2)CC1. The maximum Gasteiger partial charge on any atom is 0.308 e. The Hall–Kier alpha value is -1.43. The van der Waals surface area contributed by atoms with Crippen molar-refractivity contribution < 1.29 is 14.3 Å². The van der Waals surface area contributed by atoms with Gasteiger partial charge in [0.05, 0.1) is 19.1 Å². The van der Waals surface area contributed by atoms with Crippen LogP contribution in [0.4, 0.5) is 0 Å². The molecule has 0 bridgehead atoms. The lowest BCUT2D eigenvalue weighted by Gasteiger charge is -2.31. The van der Waals surface area contributed by atoms with Crippen LogP contribution in [0.25, 0.3) is 0 Å². The molecule has 2 aliphatic heterocycles. The summed E-state index contributed by atoms with van der Waals surface area (Å²) in [7, 11) is 1.49. The van der Waals surface area contributed by atoms with Gasteiger partial charge in [0.2, 0.25) is 0 Å². The fraction of sp³-hybridized carbons (Fsp3) is 0.682. The summed E-state index contributed by atoms with van der Waals surface area (Å²) < 4.78 is 10.7. The van der Waals surface area contributed by atoms with E-state index in [1.165, 1.54) is 25.5 Å². The van der Waals surface area contributed by atoms with E-state index in [1.807, 2.05) is 0 Å². The Labute approximate surface area is 163 Å². The van der Waals surface area contributed by atoms with E-state index in [-0.39, 0.29) is 11.9 Å². The summed E-state index contributed by atoms with van der Waals surface area (Å²) in [5.74, 6) is 0.0561. The Morgan fingerprint density at radius 2 is 2.00 bits per heavy atom. The van der Waals surface area contributed by atoms with E-state index in [0.717, 1.165) is 65.1 Å². The molecule has 3 rings (SSSR count). The van der Waals surface area contributed by atoms with Crippen LogP contribution in [0.3, 0.4) is 0 Å². The molecule has 27 heavy (non-hydrogen) atoms. The largest absolute Gasteiger partial charge is 0.469 e. The number of carbonyl (C=O) groups is 1. The number of carbonyl (C=O) groups excluding carboxylic acids is 1. The smallest absolute Gasteiger partial charge is 0.308 e. The van der Waals surface area contributed by atoms with E-state index in [0.29, 0.717) is 6.10 Å². The highest BCUT2D eigenvalue weighted by molar-refractivity contribution is 5.72. The van der Waals surface area contributed by atoms with Gasteiger partial charge in [-0.1, -0.05) is 30.3 Å². The Morgan fingerprint density at radius 3 is 2.67 bits per heavy atom. The van der Waals surface area contributed by atoms with Crippen molar-refractivity contribution in [2.45, 2.75) is 44.8 Å². The summed E-state index contributed by atoms with van der Waals surface area (Å²) in [6.07, 6.45) is 5.78. The molecular formula is C22H34N2O3. The van der Waals surface area contributed by atoms with Crippen LogP contribution in [0, 0.1) is 5.92 Å². The molecule has 0 radical (unpaired) electrons. The highest BCUT2D eigenvalue weighted by Gasteiger charge is 2.25. The molecule has 0 amide bonds. The van der Waals surface area contributed by atoms with Gasteiger partial charge in [0, 0.05) is 19.7 Å². The summed E-state index contributed by atoms with van der Waals surface area (Å²) in [5.41, 5.74) is 1.37. The molecule has 2 fully saturated rings.